The van der Waals surface area contributed by atoms with Crippen molar-refractivity contribution in [3.8, 4) is 0 Å². The number of amidine groups is 1. The van der Waals surface area contributed by atoms with E-state index in [0.29, 0.717) is 19.2 Å². The molecule has 0 radical (unpaired) electrons. The average Bonchev–Trinajstić information content (AvgIpc) is 2.89. The maximum atomic E-state index is 13.3. The van der Waals surface area contributed by atoms with E-state index in [1.165, 1.54) is 0 Å². The molecule has 0 saturated carbocycles. The fraction of sp³-hybridized carbons (Fsp3) is 0.263. The molecule has 1 heterocycles. The Morgan fingerprint density at radius 1 is 0.957 bits per heavy atom. The first kappa shape index (κ1) is 15.3. The number of benzene rings is 2. The molecule has 0 bridgehead atoms. The number of amides is 1. The molecule has 0 unspecified atom stereocenters. The summed E-state index contributed by atoms with van der Waals surface area (Å²) in [5.74, 6) is -0.0687. The summed E-state index contributed by atoms with van der Waals surface area (Å²) < 4.78 is 5.63. The first-order valence-corrected chi connectivity index (χ1v) is 7.89. The lowest BCUT2D eigenvalue weighted by Crippen LogP contribution is -2.42. The molecule has 0 fully saturated rings. The quantitative estimate of drug-likeness (QED) is 0.870. The highest BCUT2D eigenvalue weighted by atomic mass is 16.5. The van der Waals surface area contributed by atoms with Crippen molar-refractivity contribution in [2.24, 2.45) is 4.99 Å². The van der Waals surface area contributed by atoms with Crippen LogP contribution in [0.2, 0.25) is 0 Å². The van der Waals surface area contributed by atoms with Crippen LogP contribution in [-0.2, 0) is 15.1 Å². The summed E-state index contributed by atoms with van der Waals surface area (Å²) in [4.78, 5) is 19.6. The Balaban J connectivity index is 2.24. The van der Waals surface area contributed by atoms with E-state index < -0.39 is 5.54 Å². The van der Waals surface area contributed by atoms with Crippen LogP contribution in [0.15, 0.2) is 65.7 Å². The van der Waals surface area contributed by atoms with Crippen molar-refractivity contribution in [1.82, 2.24) is 4.90 Å². The highest BCUT2D eigenvalue weighted by molar-refractivity contribution is 6.07. The summed E-state index contributed by atoms with van der Waals surface area (Å²) in [5, 5.41) is 0. The zero-order valence-corrected chi connectivity index (χ0v) is 13.4. The van der Waals surface area contributed by atoms with Gasteiger partial charge >= 0.3 is 0 Å². The first-order chi connectivity index (χ1) is 11.2. The molecule has 0 aromatic heterocycles. The van der Waals surface area contributed by atoms with Crippen LogP contribution in [0, 0.1) is 0 Å². The maximum Gasteiger partial charge on any atom is 0.295 e. The van der Waals surface area contributed by atoms with Crippen molar-refractivity contribution in [3.05, 3.63) is 71.8 Å². The molecule has 0 atom stereocenters. The number of hydrogen-bond acceptors (Lipinski definition) is 3. The van der Waals surface area contributed by atoms with Gasteiger partial charge in [-0.2, -0.15) is 0 Å². The molecule has 1 amide bonds. The largest absolute Gasteiger partial charge is 0.465 e. The van der Waals surface area contributed by atoms with Crippen molar-refractivity contribution in [2.75, 3.05) is 13.2 Å². The number of ether oxygens (including phenoxy) is 1. The first-order valence-electron chi connectivity index (χ1n) is 7.89. The van der Waals surface area contributed by atoms with Crippen molar-refractivity contribution >= 4 is 11.9 Å². The minimum absolute atomic E-state index is 0.0687. The molecule has 118 valence electrons. The van der Waals surface area contributed by atoms with Gasteiger partial charge in [-0.3, -0.25) is 9.69 Å². The Labute approximate surface area is 136 Å². The normalized spacial score (nSPS) is 16.3. The number of carbonyl (C=O) groups excluding carboxylic acids is 1. The Bertz CT molecular complexity index is 671. The maximum absolute atomic E-state index is 13.3. The number of aliphatic imine (C=N–C) groups is 1. The van der Waals surface area contributed by atoms with Gasteiger partial charge in [-0.05, 0) is 25.0 Å². The van der Waals surface area contributed by atoms with E-state index in [1.807, 2.05) is 74.5 Å². The molecule has 4 heteroatoms. The van der Waals surface area contributed by atoms with E-state index in [-0.39, 0.29) is 5.91 Å². The number of likely N-dealkylation sites (N-methyl/N-ethyl adjacent to an activating group) is 1. The minimum atomic E-state index is -1.07. The van der Waals surface area contributed by atoms with Crippen molar-refractivity contribution in [3.63, 3.8) is 0 Å². The number of nitrogens with zero attached hydrogens (tertiary/aromatic N) is 2. The van der Waals surface area contributed by atoms with Gasteiger partial charge in [0.25, 0.3) is 11.9 Å². The molecular weight excluding hydrogens is 288 g/mol. The van der Waals surface area contributed by atoms with Crippen LogP contribution in [-0.4, -0.2) is 30.0 Å². The van der Waals surface area contributed by atoms with Crippen molar-refractivity contribution < 1.29 is 9.53 Å². The second kappa shape index (κ2) is 6.24. The standard InChI is InChI=1S/C19H20N2O2/c1-3-21-17(22)19(20-18(21)23-4-2,15-11-7-5-8-12-15)16-13-9-6-10-14-16/h5-14H,3-4H2,1-2H3. The summed E-state index contributed by atoms with van der Waals surface area (Å²) in [6.45, 7) is 4.83. The van der Waals surface area contributed by atoms with Gasteiger partial charge < -0.3 is 4.74 Å². The molecule has 23 heavy (non-hydrogen) atoms. The highest BCUT2D eigenvalue weighted by Crippen LogP contribution is 2.40. The lowest BCUT2D eigenvalue weighted by atomic mass is 9.83. The topological polar surface area (TPSA) is 41.9 Å². The minimum Gasteiger partial charge on any atom is -0.465 e. The molecule has 0 spiro atoms. The molecule has 2 aromatic rings. The van der Waals surface area contributed by atoms with Crippen LogP contribution in [0.3, 0.4) is 0 Å². The molecule has 4 nitrogen and oxygen atoms in total. The molecule has 0 aliphatic carbocycles. The second-order valence-corrected chi connectivity index (χ2v) is 5.32. The van der Waals surface area contributed by atoms with Gasteiger partial charge in [0.2, 0.25) is 0 Å². The molecule has 0 saturated heterocycles. The van der Waals surface area contributed by atoms with Crippen LogP contribution < -0.4 is 0 Å². The summed E-state index contributed by atoms with van der Waals surface area (Å²) in [6, 6.07) is 19.7. The third kappa shape index (κ3) is 2.40. The average molecular weight is 308 g/mol. The second-order valence-electron chi connectivity index (χ2n) is 5.32. The summed E-state index contributed by atoms with van der Waals surface area (Å²) >= 11 is 0. The van der Waals surface area contributed by atoms with E-state index >= 15 is 0 Å². The summed E-state index contributed by atoms with van der Waals surface area (Å²) in [7, 11) is 0. The Morgan fingerprint density at radius 2 is 1.48 bits per heavy atom. The lowest BCUT2D eigenvalue weighted by Gasteiger charge is -2.26. The molecule has 2 aromatic carbocycles. The van der Waals surface area contributed by atoms with Crippen LogP contribution >= 0.6 is 0 Å². The monoisotopic (exact) mass is 308 g/mol. The summed E-state index contributed by atoms with van der Waals surface area (Å²) in [6.07, 6.45) is 0. The van der Waals surface area contributed by atoms with Crippen LogP contribution in [0.5, 0.6) is 0 Å². The molecule has 3 rings (SSSR count). The Kier molecular flexibility index (Phi) is 4.15. The highest BCUT2D eigenvalue weighted by Gasteiger charge is 2.51. The van der Waals surface area contributed by atoms with Crippen molar-refractivity contribution in [1.29, 1.82) is 0 Å². The van der Waals surface area contributed by atoms with E-state index in [9.17, 15) is 4.79 Å². The zero-order chi connectivity index (χ0) is 16.3. The van der Waals surface area contributed by atoms with Gasteiger partial charge in [-0.25, -0.2) is 4.99 Å². The smallest absolute Gasteiger partial charge is 0.295 e. The lowest BCUT2D eigenvalue weighted by molar-refractivity contribution is -0.130. The summed E-state index contributed by atoms with van der Waals surface area (Å²) in [5.41, 5.74) is 0.636. The Hall–Kier alpha value is -2.62. The van der Waals surface area contributed by atoms with Gasteiger partial charge in [0.15, 0.2) is 5.54 Å². The molecular formula is C19H20N2O2. The van der Waals surface area contributed by atoms with Gasteiger partial charge in [-0.1, -0.05) is 60.7 Å². The number of rotatable bonds is 4. The number of hydrogen-bond donors (Lipinski definition) is 0. The SMILES string of the molecule is CCOC1=NC(c2ccccc2)(c2ccccc2)C(=O)N1CC. The molecule has 0 N–H and O–H groups in total. The van der Waals surface area contributed by atoms with E-state index in [1.54, 1.807) is 4.90 Å². The van der Waals surface area contributed by atoms with Gasteiger partial charge in [0, 0.05) is 6.54 Å². The third-order valence-corrected chi connectivity index (χ3v) is 4.02. The fourth-order valence-corrected chi connectivity index (χ4v) is 2.95. The molecule has 1 aliphatic heterocycles. The van der Waals surface area contributed by atoms with Gasteiger partial charge in [0.05, 0.1) is 6.61 Å². The van der Waals surface area contributed by atoms with E-state index in [0.717, 1.165) is 11.1 Å². The van der Waals surface area contributed by atoms with Crippen LogP contribution in [0.4, 0.5) is 0 Å². The van der Waals surface area contributed by atoms with Crippen molar-refractivity contribution in [2.45, 2.75) is 19.4 Å². The predicted molar refractivity (Wildman–Crippen MR) is 90.1 cm³/mol. The van der Waals surface area contributed by atoms with E-state index in [4.69, 9.17) is 9.73 Å². The zero-order valence-electron chi connectivity index (χ0n) is 13.4. The number of carbonyl (C=O) groups is 1. The Morgan fingerprint density at radius 3 is 1.91 bits per heavy atom. The van der Waals surface area contributed by atoms with Crippen LogP contribution in [0.25, 0.3) is 0 Å². The molecule has 1 aliphatic rings. The van der Waals surface area contributed by atoms with Gasteiger partial charge in [-0.15, -0.1) is 0 Å². The fourth-order valence-electron chi connectivity index (χ4n) is 2.95. The van der Waals surface area contributed by atoms with Crippen LogP contribution in [0.1, 0.15) is 25.0 Å². The van der Waals surface area contributed by atoms with E-state index in [2.05, 4.69) is 0 Å². The third-order valence-electron chi connectivity index (χ3n) is 4.02. The van der Waals surface area contributed by atoms with Gasteiger partial charge in [0.1, 0.15) is 0 Å². The predicted octanol–water partition coefficient (Wildman–Crippen LogP) is 3.18.